The van der Waals surface area contributed by atoms with E-state index in [0.29, 0.717) is 19.3 Å². The van der Waals surface area contributed by atoms with E-state index in [1.807, 2.05) is 0 Å². The molecule has 0 atom stereocenters. The van der Waals surface area contributed by atoms with Crippen LogP contribution in [0.3, 0.4) is 0 Å². The number of hydrogen-bond donors (Lipinski definition) is 1. The highest BCUT2D eigenvalue weighted by atomic mass is 16.5. The molecule has 0 bridgehead atoms. The third-order valence-corrected chi connectivity index (χ3v) is 4.57. The number of ether oxygens (including phenoxy) is 2. The number of nitrogens with one attached hydrogen (secondary N) is 1. The van der Waals surface area contributed by atoms with Crippen molar-refractivity contribution in [2.75, 3.05) is 13.2 Å². The summed E-state index contributed by atoms with van der Waals surface area (Å²) in [4.78, 5) is 12.7. The molecule has 1 saturated carbocycles. The van der Waals surface area contributed by atoms with Crippen molar-refractivity contribution < 1.29 is 14.3 Å². The van der Waals surface area contributed by atoms with Gasteiger partial charge in [0.1, 0.15) is 11.5 Å². The molecule has 4 heteroatoms. The summed E-state index contributed by atoms with van der Waals surface area (Å²) in [5.41, 5.74) is 2.88. The second-order valence-electron chi connectivity index (χ2n) is 5.87. The quantitative estimate of drug-likeness (QED) is 0.899. The number of fused-ring (bicyclic) bond motifs is 2. The maximum absolute atomic E-state index is 12.7. The molecule has 1 fully saturated rings. The Morgan fingerprint density at radius 1 is 1.15 bits per heavy atom. The van der Waals surface area contributed by atoms with E-state index in [1.165, 1.54) is 12.8 Å². The lowest BCUT2D eigenvalue weighted by molar-refractivity contribution is 0.0934. The van der Waals surface area contributed by atoms with Crippen LogP contribution in [-0.2, 0) is 12.8 Å². The van der Waals surface area contributed by atoms with Gasteiger partial charge in [0.2, 0.25) is 0 Å². The molecule has 20 heavy (non-hydrogen) atoms. The molecule has 1 aromatic carbocycles. The van der Waals surface area contributed by atoms with Crippen molar-refractivity contribution in [2.45, 2.75) is 44.6 Å². The van der Waals surface area contributed by atoms with E-state index in [9.17, 15) is 4.79 Å². The summed E-state index contributed by atoms with van der Waals surface area (Å²) >= 11 is 0. The minimum atomic E-state index is 0.0254. The first-order valence-electron chi connectivity index (χ1n) is 7.58. The van der Waals surface area contributed by atoms with Crippen molar-refractivity contribution in [1.82, 2.24) is 5.32 Å². The van der Waals surface area contributed by atoms with Crippen LogP contribution in [0.2, 0.25) is 0 Å². The Morgan fingerprint density at radius 2 is 1.95 bits per heavy atom. The van der Waals surface area contributed by atoms with Gasteiger partial charge in [0, 0.05) is 30.0 Å². The van der Waals surface area contributed by atoms with Crippen LogP contribution in [0, 0.1) is 0 Å². The lowest BCUT2D eigenvalue weighted by Gasteiger charge is -2.16. The smallest absolute Gasteiger partial charge is 0.255 e. The fraction of sp³-hybridized carbons (Fsp3) is 0.562. The molecule has 1 aromatic rings. The third-order valence-electron chi connectivity index (χ3n) is 4.57. The number of carbonyl (C=O) groups excluding carboxylic acids is 1. The van der Waals surface area contributed by atoms with Crippen LogP contribution in [0.5, 0.6) is 11.5 Å². The Labute approximate surface area is 118 Å². The van der Waals surface area contributed by atoms with E-state index in [0.717, 1.165) is 53.9 Å². The minimum Gasteiger partial charge on any atom is -0.493 e. The van der Waals surface area contributed by atoms with Gasteiger partial charge in [0.15, 0.2) is 0 Å². The normalized spacial score (nSPS) is 20.2. The van der Waals surface area contributed by atoms with E-state index < -0.39 is 0 Å². The molecular formula is C16H19NO3. The van der Waals surface area contributed by atoms with Crippen LogP contribution in [0.4, 0.5) is 0 Å². The lowest BCUT2D eigenvalue weighted by Crippen LogP contribution is -2.33. The van der Waals surface area contributed by atoms with Crippen molar-refractivity contribution in [3.8, 4) is 11.5 Å². The Morgan fingerprint density at radius 3 is 2.80 bits per heavy atom. The summed E-state index contributed by atoms with van der Waals surface area (Å²) in [5, 5.41) is 3.18. The minimum absolute atomic E-state index is 0.0254. The van der Waals surface area contributed by atoms with Gasteiger partial charge in [-0.25, -0.2) is 0 Å². The molecule has 4 rings (SSSR count). The summed E-state index contributed by atoms with van der Waals surface area (Å²) in [7, 11) is 0. The molecular weight excluding hydrogens is 254 g/mol. The van der Waals surface area contributed by atoms with Gasteiger partial charge in [-0.3, -0.25) is 4.79 Å². The van der Waals surface area contributed by atoms with E-state index in [-0.39, 0.29) is 5.91 Å². The number of benzene rings is 1. The average molecular weight is 273 g/mol. The van der Waals surface area contributed by atoms with Gasteiger partial charge in [-0.2, -0.15) is 0 Å². The largest absolute Gasteiger partial charge is 0.493 e. The molecule has 0 radical (unpaired) electrons. The maximum atomic E-state index is 12.7. The number of amides is 1. The van der Waals surface area contributed by atoms with Crippen LogP contribution in [0.25, 0.3) is 0 Å². The summed E-state index contributed by atoms with van der Waals surface area (Å²) in [5.74, 6) is 1.70. The van der Waals surface area contributed by atoms with Gasteiger partial charge in [-0.05, 0) is 18.9 Å². The molecule has 0 spiro atoms. The molecule has 0 aromatic heterocycles. The van der Waals surface area contributed by atoms with Crippen molar-refractivity contribution in [3.05, 3.63) is 22.8 Å². The molecule has 4 nitrogen and oxygen atoms in total. The second kappa shape index (κ2) is 4.69. The van der Waals surface area contributed by atoms with Crippen molar-refractivity contribution >= 4 is 5.91 Å². The van der Waals surface area contributed by atoms with Crippen LogP contribution in [0.15, 0.2) is 6.07 Å². The van der Waals surface area contributed by atoms with E-state index >= 15 is 0 Å². The lowest BCUT2D eigenvalue weighted by atomic mass is 9.98. The molecule has 1 amide bonds. The standard InChI is InChI=1S/C16H19NO3/c18-16(17-11-3-1-2-4-11)14-12-6-8-19-13(12)9-10-5-7-20-15(10)14/h9,11H,1-8H2,(H,17,18). The van der Waals surface area contributed by atoms with Crippen LogP contribution in [-0.4, -0.2) is 25.2 Å². The number of rotatable bonds is 2. The molecule has 106 valence electrons. The summed E-state index contributed by atoms with van der Waals surface area (Å²) in [6.07, 6.45) is 6.31. The first-order valence-corrected chi connectivity index (χ1v) is 7.58. The van der Waals surface area contributed by atoms with Crippen LogP contribution >= 0.6 is 0 Å². The molecule has 0 unspecified atom stereocenters. The average Bonchev–Trinajstić information content (AvgIpc) is 3.15. The van der Waals surface area contributed by atoms with Crippen molar-refractivity contribution in [3.63, 3.8) is 0 Å². The van der Waals surface area contributed by atoms with Gasteiger partial charge >= 0.3 is 0 Å². The molecule has 1 N–H and O–H groups in total. The van der Waals surface area contributed by atoms with Gasteiger partial charge in [-0.1, -0.05) is 12.8 Å². The maximum Gasteiger partial charge on any atom is 0.255 e. The molecule has 1 aliphatic carbocycles. The Hall–Kier alpha value is -1.71. The first-order chi connectivity index (χ1) is 9.83. The molecule has 3 aliphatic rings. The second-order valence-corrected chi connectivity index (χ2v) is 5.87. The van der Waals surface area contributed by atoms with Gasteiger partial charge in [0.05, 0.1) is 18.8 Å². The fourth-order valence-corrected chi connectivity index (χ4v) is 3.55. The summed E-state index contributed by atoms with van der Waals surface area (Å²) < 4.78 is 11.4. The highest BCUT2D eigenvalue weighted by molar-refractivity contribution is 6.00. The monoisotopic (exact) mass is 273 g/mol. The molecule has 2 aliphatic heterocycles. The zero-order valence-corrected chi connectivity index (χ0v) is 11.5. The highest BCUT2D eigenvalue weighted by Gasteiger charge is 2.31. The summed E-state index contributed by atoms with van der Waals surface area (Å²) in [6, 6.07) is 2.38. The number of hydrogen-bond acceptors (Lipinski definition) is 3. The Kier molecular flexibility index (Phi) is 2.83. The molecule has 0 saturated heterocycles. The Balaban J connectivity index is 1.71. The van der Waals surface area contributed by atoms with Crippen molar-refractivity contribution in [2.24, 2.45) is 0 Å². The molecule has 2 heterocycles. The number of carbonyl (C=O) groups is 1. The predicted octanol–water partition coefficient (Wildman–Crippen LogP) is 2.23. The third kappa shape index (κ3) is 1.86. The van der Waals surface area contributed by atoms with E-state index in [2.05, 4.69) is 11.4 Å². The highest BCUT2D eigenvalue weighted by Crippen LogP contribution is 2.40. The predicted molar refractivity (Wildman–Crippen MR) is 74.6 cm³/mol. The first kappa shape index (κ1) is 12.1. The van der Waals surface area contributed by atoms with Crippen LogP contribution in [0.1, 0.15) is 47.2 Å². The summed E-state index contributed by atoms with van der Waals surface area (Å²) in [6.45, 7) is 1.34. The van der Waals surface area contributed by atoms with Crippen LogP contribution < -0.4 is 14.8 Å². The fourth-order valence-electron chi connectivity index (χ4n) is 3.55. The topological polar surface area (TPSA) is 47.6 Å². The van der Waals surface area contributed by atoms with Gasteiger partial charge < -0.3 is 14.8 Å². The van der Waals surface area contributed by atoms with E-state index in [1.54, 1.807) is 0 Å². The SMILES string of the molecule is O=C(NC1CCCC1)c1c2c(cc3c1OCC3)OCC2. The Bertz CT molecular complexity index is 529. The van der Waals surface area contributed by atoms with E-state index in [4.69, 9.17) is 9.47 Å². The van der Waals surface area contributed by atoms with Gasteiger partial charge in [0.25, 0.3) is 5.91 Å². The van der Waals surface area contributed by atoms with Crippen molar-refractivity contribution in [1.29, 1.82) is 0 Å². The van der Waals surface area contributed by atoms with Gasteiger partial charge in [-0.15, -0.1) is 0 Å². The zero-order chi connectivity index (χ0) is 13.5. The zero-order valence-electron chi connectivity index (χ0n) is 11.5.